The van der Waals surface area contributed by atoms with Crippen LogP contribution in [0.4, 0.5) is 5.69 Å². The van der Waals surface area contributed by atoms with E-state index in [4.69, 9.17) is 4.74 Å². The fourth-order valence-electron chi connectivity index (χ4n) is 2.34. The van der Waals surface area contributed by atoms with Crippen molar-refractivity contribution in [2.75, 3.05) is 24.7 Å². The number of para-hydroxylation sites is 1. The lowest BCUT2D eigenvalue weighted by Gasteiger charge is -2.37. The van der Waals surface area contributed by atoms with Crippen LogP contribution in [-0.2, 0) is 4.74 Å². The molecule has 1 aromatic carbocycles. The highest BCUT2D eigenvalue weighted by Gasteiger charge is 2.22. The number of hydrogen-bond donors (Lipinski definition) is 1. The van der Waals surface area contributed by atoms with Crippen molar-refractivity contribution in [2.24, 2.45) is 0 Å². The predicted molar refractivity (Wildman–Crippen MR) is 69.3 cm³/mol. The van der Waals surface area contributed by atoms with Crippen LogP contribution in [0, 0.1) is 0 Å². The van der Waals surface area contributed by atoms with E-state index in [1.165, 1.54) is 0 Å². The maximum absolute atomic E-state index is 10.1. The molecule has 0 aliphatic carbocycles. The summed E-state index contributed by atoms with van der Waals surface area (Å²) < 4.78 is 5.46. The van der Waals surface area contributed by atoms with Crippen molar-refractivity contribution in [3.05, 3.63) is 29.8 Å². The second-order valence-corrected chi connectivity index (χ2v) is 4.60. The molecule has 1 N–H and O–H groups in total. The van der Waals surface area contributed by atoms with Crippen molar-refractivity contribution in [3.8, 4) is 0 Å². The van der Waals surface area contributed by atoms with E-state index in [0.717, 1.165) is 37.4 Å². The quantitative estimate of drug-likeness (QED) is 0.873. The molecule has 0 amide bonds. The first-order valence-corrected chi connectivity index (χ1v) is 6.35. The van der Waals surface area contributed by atoms with Gasteiger partial charge >= 0.3 is 0 Å². The van der Waals surface area contributed by atoms with Gasteiger partial charge in [0.25, 0.3) is 0 Å². The second-order valence-electron chi connectivity index (χ2n) is 4.60. The number of hydrogen-bond acceptors (Lipinski definition) is 3. The summed E-state index contributed by atoms with van der Waals surface area (Å²) >= 11 is 0. The van der Waals surface area contributed by atoms with Crippen molar-refractivity contribution >= 4 is 5.69 Å². The first kappa shape index (κ1) is 12.4. The van der Waals surface area contributed by atoms with Gasteiger partial charge in [0.15, 0.2) is 0 Å². The molecule has 3 nitrogen and oxygen atoms in total. The molecule has 1 saturated heterocycles. The SMILES string of the molecule is CC[C@H](O)c1ccccc1N1CCOCC1C. The number of aliphatic hydroxyl groups excluding tert-OH is 1. The van der Waals surface area contributed by atoms with E-state index in [1.807, 2.05) is 25.1 Å². The zero-order valence-corrected chi connectivity index (χ0v) is 10.6. The highest BCUT2D eigenvalue weighted by Crippen LogP contribution is 2.30. The monoisotopic (exact) mass is 235 g/mol. The summed E-state index contributed by atoms with van der Waals surface area (Å²) in [5.41, 5.74) is 2.18. The number of ether oxygens (including phenoxy) is 1. The molecule has 2 rings (SSSR count). The fraction of sp³-hybridized carbons (Fsp3) is 0.571. The van der Waals surface area contributed by atoms with E-state index in [9.17, 15) is 5.11 Å². The topological polar surface area (TPSA) is 32.7 Å². The Balaban J connectivity index is 2.30. The van der Waals surface area contributed by atoms with Crippen LogP contribution in [0.5, 0.6) is 0 Å². The lowest BCUT2D eigenvalue weighted by molar-refractivity contribution is 0.0982. The molecule has 1 aliphatic heterocycles. The zero-order valence-electron chi connectivity index (χ0n) is 10.6. The summed E-state index contributed by atoms with van der Waals surface area (Å²) in [4.78, 5) is 2.33. The zero-order chi connectivity index (χ0) is 12.3. The van der Waals surface area contributed by atoms with Crippen molar-refractivity contribution in [3.63, 3.8) is 0 Å². The predicted octanol–water partition coefficient (Wildman–Crippen LogP) is 2.36. The van der Waals surface area contributed by atoms with Gasteiger partial charge in [0, 0.05) is 23.8 Å². The third-order valence-corrected chi connectivity index (χ3v) is 3.36. The second kappa shape index (κ2) is 5.52. The normalized spacial score (nSPS) is 22.5. The first-order chi connectivity index (χ1) is 8.24. The molecule has 0 aromatic heterocycles. The Morgan fingerprint density at radius 2 is 2.24 bits per heavy atom. The smallest absolute Gasteiger partial charge is 0.0807 e. The fourth-order valence-corrected chi connectivity index (χ4v) is 2.34. The molecule has 3 heteroatoms. The summed E-state index contributed by atoms with van der Waals surface area (Å²) in [6.45, 7) is 6.59. The Labute approximate surface area is 103 Å². The standard InChI is InChI=1S/C14H21NO2/c1-3-14(16)12-6-4-5-7-13(12)15-8-9-17-10-11(15)2/h4-7,11,14,16H,3,8-10H2,1-2H3/t11?,14-/m0/s1. The van der Waals surface area contributed by atoms with Gasteiger partial charge < -0.3 is 14.7 Å². The van der Waals surface area contributed by atoms with Gasteiger partial charge in [-0.3, -0.25) is 0 Å². The molecule has 94 valence electrons. The molecule has 0 bridgehead atoms. The minimum Gasteiger partial charge on any atom is -0.388 e. The number of aliphatic hydroxyl groups is 1. The summed E-state index contributed by atoms with van der Waals surface area (Å²) in [5, 5.41) is 10.1. The Kier molecular flexibility index (Phi) is 4.02. The third-order valence-electron chi connectivity index (χ3n) is 3.36. The highest BCUT2D eigenvalue weighted by atomic mass is 16.5. The molecule has 1 aliphatic rings. The summed E-state index contributed by atoms with van der Waals surface area (Å²) in [5.74, 6) is 0. The van der Waals surface area contributed by atoms with Crippen LogP contribution < -0.4 is 4.90 Å². The van der Waals surface area contributed by atoms with Gasteiger partial charge in [-0.25, -0.2) is 0 Å². The van der Waals surface area contributed by atoms with Crippen molar-refractivity contribution in [2.45, 2.75) is 32.4 Å². The van der Waals surface area contributed by atoms with E-state index < -0.39 is 0 Å². The van der Waals surface area contributed by atoms with Crippen LogP contribution in [0.1, 0.15) is 31.9 Å². The Bertz CT molecular complexity index is 367. The van der Waals surface area contributed by atoms with Gasteiger partial charge in [0.1, 0.15) is 0 Å². The third kappa shape index (κ3) is 2.61. The Hall–Kier alpha value is -1.06. The van der Waals surface area contributed by atoms with Crippen LogP contribution in [0.15, 0.2) is 24.3 Å². The average Bonchev–Trinajstić information content (AvgIpc) is 2.38. The van der Waals surface area contributed by atoms with E-state index in [-0.39, 0.29) is 6.10 Å². The van der Waals surface area contributed by atoms with Crippen LogP contribution in [-0.4, -0.2) is 30.9 Å². The highest BCUT2D eigenvalue weighted by molar-refractivity contribution is 5.55. The maximum Gasteiger partial charge on any atom is 0.0807 e. The Morgan fingerprint density at radius 1 is 1.47 bits per heavy atom. The molecular formula is C14H21NO2. The molecule has 0 saturated carbocycles. The van der Waals surface area contributed by atoms with Crippen molar-refractivity contribution in [1.82, 2.24) is 0 Å². The molecule has 0 spiro atoms. The van der Waals surface area contributed by atoms with Crippen molar-refractivity contribution in [1.29, 1.82) is 0 Å². The molecule has 0 radical (unpaired) electrons. The van der Waals surface area contributed by atoms with Crippen LogP contribution >= 0.6 is 0 Å². The van der Waals surface area contributed by atoms with Gasteiger partial charge in [-0.05, 0) is 19.4 Å². The summed E-state index contributed by atoms with van der Waals surface area (Å²) in [6.07, 6.45) is 0.372. The summed E-state index contributed by atoms with van der Waals surface area (Å²) in [6, 6.07) is 8.50. The molecule has 1 unspecified atom stereocenters. The Morgan fingerprint density at radius 3 is 2.94 bits per heavy atom. The van der Waals surface area contributed by atoms with Gasteiger partial charge in [-0.2, -0.15) is 0 Å². The van der Waals surface area contributed by atoms with E-state index in [1.54, 1.807) is 0 Å². The molecule has 17 heavy (non-hydrogen) atoms. The minimum absolute atomic E-state index is 0.369. The van der Waals surface area contributed by atoms with Crippen LogP contribution in [0.2, 0.25) is 0 Å². The van der Waals surface area contributed by atoms with Crippen LogP contribution in [0.3, 0.4) is 0 Å². The van der Waals surface area contributed by atoms with E-state index in [2.05, 4.69) is 17.9 Å². The first-order valence-electron chi connectivity index (χ1n) is 6.35. The van der Waals surface area contributed by atoms with Crippen LogP contribution in [0.25, 0.3) is 0 Å². The van der Waals surface area contributed by atoms with Gasteiger partial charge in [-0.15, -0.1) is 0 Å². The van der Waals surface area contributed by atoms with Gasteiger partial charge in [0.2, 0.25) is 0 Å². The lowest BCUT2D eigenvalue weighted by Crippen LogP contribution is -2.44. The van der Waals surface area contributed by atoms with Gasteiger partial charge in [0.05, 0.1) is 19.3 Å². The molecule has 1 fully saturated rings. The van der Waals surface area contributed by atoms with E-state index in [0.29, 0.717) is 6.04 Å². The number of rotatable bonds is 3. The number of anilines is 1. The molecule has 1 aromatic rings. The average molecular weight is 235 g/mol. The largest absolute Gasteiger partial charge is 0.388 e. The number of benzene rings is 1. The molecule has 1 heterocycles. The van der Waals surface area contributed by atoms with Gasteiger partial charge in [-0.1, -0.05) is 25.1 Å². The van der Waals surface area contributed by atoms with Crippen molar-refractivity contribution < 1.29 is 9.84 Å². The molecular weight excluding hydrogens is 214 g/mol. The summed E-state index contributed by atoms with van der Waals surface area (Å²) in [7, 11) is 0. The molecule has 2 atom stereocenters. The van der Waals surface area contributed by atoms with E-state index >= 15 is 0 Å². The lowest BCUT2D eigenvalue weighted by atomic mass is 10.0. The number of morpholine rings is 1. The maximum atomic E-state index is 10.1. The number of nitrogens with zero attached hydrogens (tertiary/aromatic N) is 1. The minimum atomic E-state index is -0.374.